The molecule has 5 nitrogen and oxygen atoms in total. The Labute approximate surface area is 157 Å². The SMILES string of the molecule is CCCNC(=S)N1CCN(S(=O)(=O)c2ccc([C@H](C)CC)cc2)CC1. The van der Waals surface area contributed by atoms with Crippen LogP contribution in [0.15, 0.2) is 29.2 Å². The van der Waals surface area contributed by atoms with Crippen LogP contribution in [0.1, 0.15) is 45.1 Å². The molecule has 0 saturated carbocycles. The molecule has 1 fully saturated rings. The van der Waals surface area contributed by atoms with Gasteiger partial charge in [-0.05, 0) is 48.7 Å². The van der Waals surface area contributed by atoms with Gasteiger partial charge in [0.25, 0.3) is 0 Å². The number of hydrogen-bond donors (Lipinski definition) is 1. The third kappa shape index (κ3) is 4.92. The van der Waals surface area contributed by atoms with E-state index in [4.69, 9.17) is 12.2 Å². The van der Waals surface area contributed by atoms with Crippen LogP contribution in [0.25, 0.3) is 0 Å². The number of benzene rings is 1. The van der Waals surface area contributed by atoms with Crippen molar-refractivity contribution in [3.63, 3.8) is 0 Å². The Balaban J connectivity index is 2.00. The van der Waals surface area contributed by atoms with E-state index < -0.39 is 10.0 Å². The Bertz CT molecular complexity index is 666. The fourth-order valence-corrected chi connectivity index (χ4v) is 4.54. The molecule has 1 aromatic rings. The van der Waals surface area contributed by atoms with Crippen LogP contribution in [0.4, 0.5) is 0 Å². The van der Waals surface area contributed by atoms with Gasteiger partial charge in [-0.3, -0.25) is 0 Å². The topological polar surface area (TPSA) is 52.6 Å². The minimum Gasteiger partial charge on any atom is -0.363 e. The summed E-state index contributed by atoms with van der Waals surface area (Å²) >= 11 is 5.36. The summed E-state index contributed by atoms with van der Waals surface area (Å²) in [7, 11) is -3.43. The molecule has 1 saturated heterocycles. The van der Waals surface area contributed by atoms with Crippen LogP contribution >= 0.6 is 12.2 Å². The maximum absolute atomic E-state index is 12.8. The zero-order valence-electron chi connectivity index (χ0n) is 15.4. The predicted molar refractivity (Wildman–Crippen MR) is 106 cm³/mol. The molecule has 0 bridgehead atoms. The third-order valence-electron chi connectivity index (χ3n) is 4.75. The van der Waals surface area contributed by atoms with Gasteiger partial charge in [0.1, 0.15) is 0 Å². The molecule has 1 aliphatic heterocycles. The smallest absolute Gasteiger partial charge is 0.243 e. The second-order valence-corrected chi connectivity index (χ2v) is 8.83. The van der Waals surface area contributed by atoms with Gasteiger partial charge in [-0.2, -0.15) is 4.31 Å². The van der Waals surface area contributed by atoms with E-state index in [1.165, 1.54) is 5.56 Å². The summed E-state index contributed by atoms with van der Waals surface area (Å²) in [6, 6.07) is 7.33. The summed E-state index contributed by atoms with van der Waals surface area (Å²) in [6.07, 6.45) is 2.06. The Kier molecular flexibility index (Phi) is 7.22. The molecular formula is C18H29N3O2S2. The van der Waals surface area contributed by atoms with E-state index >= 15 is 0 Å². The largest absolute Gasteiger partial charge is 0.363 e. The van der Waals surface area contributed by atoms with Gasteiger partial charge in [0.2, 0.25) is 10.0 Å². The fraction of sp³-hybridized carbons (Fsp3) is 0.611. The molecule has 0 radical (unpaired) electrons. The summed E-state index contributed by atoms with van der Waals surface area (Å²) in [5.74, 6) is 0.442. The highest BCUT2D eigenvalue weighted by Gasteiger charge is 2.29. The minimum atomic E-state index is -3.43. The van der Waals surface area contributed by atoms with Crippen LogP contribution in [-0.4, -0.2) is 55.5 Å². The van der Waals surface area contributed by atoms with Crippen molar-refractivity contribution in [2.45, 2.75) is 44.4 Å². The van der Waals surface area contributed by atoms with Crippen molar-refractivity contribution in [3.8, 4) is 0 Å². The highest BCUT2D eigenvalue weighted by atomic mass is 32.2. The zero-order valence-corrected chi connectivity index (χ0v) is 17.0. The summed E-state index contributed by atoms with van der Waals surface area (Å²) in [5, 5.41) is 3.92. The van der Waals surface area contributed by atoms with E-state index in [1.807, 2.05) is 17.0 Å². The van der Waals surface area contributed by atoms with Crippen LogP contribution in [0.5, 0.6) is 0 Å². The van der Waals surface area contributed by atoms with Crippen molar-refractivity contribution in [3.05, 3.63) is 29.8 Å². The fourth-order valence-electron chi connectivity index (χ4n) is 2.83. The lowest BCUT2D eigenvalue weighted by Gasteiger charge is -2.35. The van der Waals surface area contributed by atoms with Crippen molar-refractivity contribution >= 4 is 27.4 Å². The van der Waals surface area contributed by atoms with Gasteiger partial charge in [-0.15, -0.1) is 0 Å². The van der Waals surface area contributed by atoms with Crippen molar-refractivity contribution in [1.82, 2.24) is 14.5 Å². The molecule has 25 heavy (non-hydrogen) atoms. The average Bonchev–Trinajstić information content (AvgIpc) is 2.65. The van der Waals surface area contributed by atoms with Crippen LogP contribution < -0.4 is 5.32 Å². The molecule has 0 aliphatic carbocycles. The molecule has 140 valence electrons. The first-order valence-corrected chi connectivity index (χ1v) is 10.9. The second-order valence-electron chi connectivity index (χ2n) is 6.50. The van der Waals surface area contributed by atoms with Crippen LogP contribution in [0, 0.1) is 0 Å². The summed E-state index contributed by atoms with van der Waals surface area (Å²) < 4.78 is 27.3. The third-order valence-corrected chi connectivity index (χ3v) is 7.07. The van der Waals surface area contributed by atoms with Crippen molar-refractivity contribution in [2.75, 3.05) is 32.7 Å². The lowest BCUT2D eigenvalue weighted by Crippen LogP contribution is -2.53. The first-order valence-electron chi connectivity index (χ1n) is 9.03. The summed E-state index contributed by atoms with van der Waals surface area (Å²) in [4.78, 5) is 2.42. The van der Waals surface area contributed by atoms with E-state index in [-0.39, 0.29) is 0 Å². The maximum Gasteiger partial charge on any atom is 0.243 e. The number of sulfonamides is 1. The van der Waals surface area contributed by atoms with E-state index in [0.717, 1.165) is 24.5 Å². The molecule has 2 rings (SSSR count). The van der Waals surface area contributed by atoms with E-state index in [1.54, 1.807) is 16.4 Å². The number of thiocarbonyl (C=S) groups is 1. The molecule has 1 atom stereocenters. The Morgan fingerprint density at radius 1 is 1.16 bits per heavy atom. The van der Waals surface area contributed by atoms with E-state index in [2.05, 4.69) is 26.1 Å². The van der Waals surface area contributed by atoms with Gasteiger partial charge < -0.3 is 10.2 Å². The average molecular weight is 384 g/mol. The van der Waals surface area contributed by atoms with Crippen molar-refractivity contribution in [2.24, 2.45) is 0 Å². The van der Waals surface area contributed by atoms with Crippen LogP contribution in [0.3, 0.4) is 0 Å². The molecule has 0 amide bonds. The van der Waals surface area contributed by atoms with Gasteiger partial charge >= 0.3 is 0 Å². The molecule has 1 heterocycles. The summed E-state index contributed by atoms with van der Waals surface area (Å²) in [5.41, 5.74) is 1.18. The number of nitrogens with one attached hydrogen (secondary N) is 1. The molecule has 0 aromatic heterocycles. The molecule has 1 aliphatic rings. The first-order chi connectivity index (χ1) is 11.9. The van der Waals surface area contributed by atoms with E-state index in [9.17, 15) is 8.42 Å². The molecular weight excluding hydrogens is 354 g/mol. The lowest BCUT2D eigenvalue weighted by atomic mass is 9.99. The lowest BCUT2D eigenvalue weighted by molar-refractivity contribution is 0.264. The maximum atomic E-state index is 12.8. The zero-order chi connectivity index (χ0) is 18.4. The van der Waals surface area contributed by atoms with Gasteiger partial charge in [0, 0.05) is 32.7 Å². The van der Waals surface area contributed by atoms with Gasteiger partial charge in [0.15, 0.2) is 5.11 Å². The number of nitrogens with zero attached hydrogens (tertiary/aromatic N) is 2. The van der Waals surface area contributed by atoms with Gasteiger partial charge in [-0.25, -0.2) is 8.42 Å². The van der Waals surface area contributed by atoms with Crippen molar-refractivity contribution in [1.29, 1.82) is 0 Å². The highest BCUT2D eigenvalue weighted by molar-refractivity contribution is 7.89. The predicted octanol–water partition coefficient (Wildman–Crippen LogP) is 2.79. The van der Waals surface area contributed by atoms with Gasteiger partial charge in [0.05, 0.1) is 4.90 Å². The first kappa shape index (κ1) is 20.1. The molecule has 7 heteroatoms. The van der Waals surface area contributed by atoms with Crippen LogP contribution in [0.2, 0.25) is 0 Å². The minimum absolute atomic E-state index is 0.375. The Morgan fingerprint density at radius 3 is 2.28 bits per heavy atom. The molecule has 0 unspecified atom stereocenters. The summed E-state index contributed by atoms with van der Waals surface area (Å²) in [6.45, 7) is 9.39. The Hall–Kier alpha value is -1.18. The van der Waals surface area contributed by atoms with Gasteiger partial charge in [-0.1, -0.05) is 32.9 Å². The number of hydrogen-bond acceptors (Lipinski definition) is 3. The monoisotopic (exact) mass is 383 g/mol. The number of rotatable bonds is 6. The van der Waals surface area contributed by atoms with Crippen LogP contribution in [-0.2, 0) is 10.0 Å². The number of piperazine rings is 1. The highest BCUT2D eigenvalue weighted by Crippen LogP contribution is 2.23. The molecule has 0 spiro atoms. The quantitative estimate of drug-likeness (QED) is 0.766. The van der Waals surface area contributed by atoms with E-state index in [0.29, 0.717) is 37.0 Å². The second kappa shape index (κ2) is 8.96. The van der Waals surface area contributed by atoms with Crippen molar-refractivity contribution < 1.29 is 8.42 Å². The molecule has 1 N–H and O–H groups in total. The molecule has 1 aromatic carbocycles. The standard InChI is InChI=1S/C18H29N3O2S2/c1-4-10-19-18(24)20-11-13-21(14-12-20)25(22,23)17-8-6-16(7-9-17)15(3)5-2/h6-9,15H,4-5,10-14H2,1-3H3,(H,19,24)/t15-/m1/s1. The normalized spacial score (nSPS) is 17.3. The Morgan fingerprint density at radius 2 is 1.76 bits per heavy atom.